The molecule has 5 heteroatoms. The van der Waals surface area contributed by atoms with E-state index in [1.165, 1.54) is 18.4 Å². The lowest BCUT2D eigenvalue weighted by Crippen LogP contribution is -2.36. The number of fused-ring (bicyclic) bond motifs is 1. The average molecular weight is 411 g/mol. The molecule has 4 aromatic rings. The van der Waals surface area contributed by atoms with E-state index in [4.69, 9.17) is 0 Å². The Kier molecular flexibility index (Phi) is 5.50. The zero-order valence-corrected chi connectivity index (χ0v) is 17.4. The van der Waals surface area contributed by atoms with Crippen molar-refractivity contribution in [2.75, 3.05) is 19.6 Å². The summed E-state index contributed by atoms with van der Waals surface area (Å²) in [6.45, 7) is 2.78. The number of nitrogens with zero attached hydrogens (tertiary/aromatic N) is 3. The van der Waals surface area contributed by atoms with Crippen LogP contribution in [0.1, 0.15) is 34.8 Å². The predicted octanol–water partition coefficient (Wildman–Crippen LogP) is 4.59. The lowest BCUT2D eigenvalue weighted by Gasteiger charge is -2.28. The van der Waals surface area contributed by atoms with Crippen LogP contribution >= 0.6 is 0 Å². The Morgan fingerprint density at radius 2 is 1.61 bits per heavy atom. The second kappa shape index (κ2) is 8.74. The largest absolute Gasteiger partial charge is 0.350 e. The Balaban J connectivity index is 1.30. The van der Waals surface area contributed by atoms with Gasteiger partial charge in [-0.3, -0.25) is 14.3 Å². The van der Waals surface area contributed by atoms with Crippen LogP contribution in [0.25, 0.3) is 16.7 Å². The summed E-state index contributed by atoms with van der Waals surface area (Å²) in [5.41, 5.74) is 4.92. The van der Waals surface area contributed by atoms with Crippen LogP contribution in [-0.2, 0) is 0 Å². The van der Waals surface area contributed by atoms with Gasteiger partial charge in [0.05, 0.1) is 17.1 Å². The number of nitrogens with one attached hydrogen (secondary N) is 1. The normalized spacial score (nSPS) is 15.2. The van der Waals surface area contributed by atoms with Crippen molar-refractivity contribution in [3.8, 4) is 5.69 Å². The highest BCUT2D eigenvalue weighted by molar-refractivity contribution is 5.94. The fourth-order valence-electron chi connectivity index (χ4n) is 4.42. The van der Waals surface area contributed by atoms with Crippen molar-refractivity contribution in [3.05, 3.63) is 96.3 Å². The van der Waals surface area contributed by atoms with Gasteiger partial charge in [0.15, 0.2) is 0 Å². The van der Waals surface area contributed by atoms with Crippen LogP contribution in [0.4, 0.5) is 0 Å². The maximum absolute atomic E-state index is 12.9. The molecule has 1 amide bonds. The minimum absolute atomic E-state index is 0.0397. The highest BCUT2D eigenvalue weighted by atomic mass is 16.1. The van der Waals surface area contributed by atoms with Crippen molar-refractivity contribution >= 4 is 16.9 Å². The van der Waals surface area contributed by atoms with Crippen LogP contribution in [0.5, 0.6) is 0 Å². The number of aromatic nitrogens is 2. The van der Waals surface area contributed by atoms with Gasteiger partial charge in [-0.2, -0.15) is 0 Å². The first kappa shape index (κ1) is 19.5. The zero-order valence-electron chi connectivity index (χ0n) is 17.4. The highest BCUT2D eigenvalue weighted by Gasteiger charge is 2.24. The quantitative estimate of drug-likeness (QED) is 0.506. The Morgan fingerprint density at radius 3 is 2.39 bits per heavy atom. The van der Waals surface area contributed by atoms with Gasteiger partial charge < -0.3 is 5.32 Å². The topological polar surface area (TPSA) is 50.2 Å². The standard InChI is InChI=1S/C26H26N4O/c31-26(27-18-25(29-16-6-7-17-29)20-8-2-1-3-9-20)21-12-14-22(15-13-21)30-19-28-23-10-4-5-11-24(23)30/h1-5,8-15,19,25H,6-7,16-18H2,(H,27,31)/t25-/m0/s1. The molecule has 0 bridgehead atoms. The first-order valence-electron chi connectivity index (χ1n) is 10.9. The molecule has 1 aliphatic rings. The van der Waals surface area contributed by atoms with Crippen LogP contribution in [0.3, 0.4) is 0 Å². The molecule has 1 N–H and O–H groups in total. The smallest absolute Gasteiger partial charge is 0.251 e. The molecule has 2 heterocycles. The molecule has 0 spiro atoms. The van der Waals surface area contributed by atoms with Gasteiger partial charge in [-0.05, 0) is 67.9 Å². The van der Waals surface area contributed by atoms with Gasteiger partial charge in [0.25, 0.3) is 5.91 Å². The van der Waals surface area contributed by atoms with E-state index in [1.807, 2.05) is 65.5 Å². The van der Waals surface area contributed by atoms with E-state index in [1.54, 1.807) is 0 Å². The summed E-state index contributed by atoms with van der Waals surface area (Å²) < 4.78 is 2.04. The molecule has 1 aliphatic heterocycles. The summed E-state index contributed by atoms with van der Waals surface area (Å²) in [5.74, 6) is -0.0397. The number of hydrogen-bond acceptors (Lipinski definition) is 3. The molecule has 1 saturated heterocycles. The molecule has 0 unspecified atom stereocenters. The lowest BCUT2D eigenvalue weighted by molar-refractivity contribution is 0.0938. The van der Waals surface area contributed by atoms with Crippen molar-refractivity contribution in [1.29, 1.82) is 0 Å². The van der Waals surface area contributed by atoms with Gasteiger partial charge in [-0.15, -0.1) is 0 Å². The van der Waals surface area contributed by atoms with E-state index in [-0.39, 0.29) is 11.9 Å². The number of hydrogen-bond donors (Lipinski definition) is 1. The first-order valence-corrected chi connectivity index (χ1v) is 10.9. The average Bonchev–Trinajstić information content (AvgIpc) is 3.50. The monoisotopic (exact) mass is 410 g/mol. The molecule has 31 heavy (non-hydrogen) atoms. The molecular weight excluding hydrogens is 384 g/mol. The summed E-state index contributed by atoms with van der Waals surface area (Å²) in [7, 11) is 0. The maximum atomic E-state index is 12.9. The molecule has 3 aromatic carbocycles. The first-order chi connectivity index (χ1) is 15.3. The number of carbonyl (C=O) groups is 1. The van der Waals surface area contributed by atoms with Gasteiger partial charge in [-0.1, -0.05) is 42.5 Å². The van der Waals surface area contributed by atoms with Gasteiger partial charge >= 0.3 is 0 Å². The molecule has 156 valence electrons. The zero-order chi connectivity index (χ0) is 21.0. The second-order valence-corrected chi connectivity index (χ2v) is 8.03. The molecule has 0 saturated carbocycles. The van der Waals surface area contributed by atoms with Gasteiger partial charge in [0.1, 0.15) is 6.33 Å². The SMILES string of the molecule is O=C(NC[C@@H](c1ccccc1)N1CCCC1)c1ccc(-n2cnc3ccccc32)cc1. The molecule has 1 fully saturated rings. The molecule has 5 nitrogen and oxygen atoms in total. The fourth-order valence-corrected chi connectivity index (χ4v) is 4.42. The summed E-state index contributed by atoms with van der Waals surface area (Å²) in [4.78, 5) is 19.8. The number of benzene rings is 3. The van der Waals surface area contributed by atoms with Crippen LogP contribution in [0.15, 0.2) is 85.2 Å². The van der Waals surface area contributed by atoms with Crippen molar-refractivity contribution in [2.45, 2.75) is 18.9 Å². The number of imidazole rings is 1. The van der Waals surface area contributed by atoms with Gasteiger partial charge in [-0.25, -0.2) is 4.98 Å². The van der Waals surface area contributed by atoms with Gasteiger partial charge in [0, 0.05) is 17.8 Å². The maximum Gasteiger partial charge on any atom is 0.251 e. The number of carbonyl (C=O) groups excluding carboxylic acids is 1. The van der Waals surface area contributed by atoms with E-state index in [0.29, 0.717) is 12.1 Å². The number of rotatable bonds is 6. The minimum atomic E-state index is -0.0397. The molecule has 0 radical (unpaired) electrons. The number of para-hydroxylation sites is 2. The molecule has 1 aromatic heterocycles. The van der Waals surface area contributed by atoms with E-state index >= 15 is 0 Å². The second-order valence-electron chi connectivity index (χ2n) is 8.03. The van der Waals surface area contributed by atoms with E-state index in [2.05, 4.69) is 39.5 Å². The Bertz CT molecular complexity index is 1160. The predicted molar refractivity (Wildman–Crippen MR) is 123 cm³/mol. The molecule has 1 atom stereocenters. The molecular formula is C26H26N4O. The van der Waals surface area contributed by atoms with Crippen LogP contribution in [-0.4, -0.2) is 40.0 Å². The third-order valence-electron chi connectivity index (χ3n) is 6.08. The lowest BCUT2D eigenvalue weighted by atomic mass is 10.1. The third kappa shape index (κ3) is 4.09. The van der Waals surface area contributed by atoms with Crippen LogP contribution in [0, 0.1) is 0 Å². The minimum Gasteiger partial charge on any atom is -0.350 e. The van der Waals surface area contributed by atoms with E-state index < -0.39 is 0 Å². The highest BCUT2D eigenvalue weighted by Crippen LogP contribution is 2.24. The fraction of sp³-hybridized carbons (Fsp3) is 0.231. The summed E-state index contributed by atoms with van der Waals surface area (Å²) >= 11 is 0. The van der Waals surface area contributed by atoms with E-state index in [9.17, 15) is 4.79 Å². The van der Waals surface area contributed by atoms with Crippen molar-refractivity contribution in [1.82, 2.24) is 19.8 Å². The summed E-state index contributed by atoms with van der Waals surface area (Å²) in [6.07, 6.45) is 4.27. The number of likely N-dealkylation sites (tertiary alicyclic amines) is 1. The molecule has 0 aliphatic carbocycles. The van der Waals surface area contributed by atoms with Crippen LogP contribution < -0.4 is 5.32 Å². The summed E-state index contributed by atoms with van der Waals surface area (Å²) in [6, 6.07) is 26.4. The Morgan fingerprint density at radius 1 is 0.903 bits per heavy atom. The van der Waals surface area contributed by atoms with Crippen molar-refractivity contribution in [3.63, 3.8) is 0 Å². The van der Waals surface area contributed by atoms with E-state index in [0.717, 1.165) is 29.8 Å². The number of amides is 1. The van der Waals surface area contributed by atoms with Crippen molar-refractivity contribution in [2.24, 2.45) is 0 Å². The van der Waals surface area contributed by atoms with Crippen LogP contribution in [0.2, 0.25) is 0 Å². The summed E-state index contributed by atoms with van der Waals surface area (Å²) in [5, 5.41) is 3.16. The third-order valence-corrected chi connectivity index (χ3v) is 6.08. The molecule has 5 rings (SSSR count). The Labute approximate surface area is 182 Å². The van der Waals surface area contributed by atoms with Crippen molar-refractivity contribution < 1.29 is 4.79 Å². The Hall–Kier alpha value is -3.44. The van der Waals surface area contributed by atoms with Gasteiger partial charge in [0.2, 0.25) is 0 Å².